The average molecular weight is 315 g/mol. The Morgan fingerprint density at radius 1 is 1.44 bits per heavy atom. The van der Waals surface area contributed by atoms with Crippen LogP contribution >= 0.6 is 15.9 Å². The van der Waals surface area contributed by atoms with Gasteiger partial charge in [0.25, 0.3) is 5.91 Å². The first-order chi connectivity index (χ1) is 8.49. The molecule has 0 saturated carbocycles. The van der Waals surface area contributed by atoms with E-state index in [1.807, 2.05) is 0 Å². The number of nitrogens with zero attached hydrogens (tertiary/aromatic N) is 1. The van der Waals surface area contributed by atoms with Gasteiger partial charge in [-0.15, -0.1) is 0 Å². The van der Waals surface area contributed by atoms with Crippen LogP contribution in [-0.2, 0) is 0 Å². The molecule has 1 aliphatic heterocycles. The highest BCUT2D eigenvalue weighted by Gasteiger charge is 2.22. The van der Waals surface area contributed by atoms with E-state index in [-0.39, 0.29) is 17.8 Å². The highest BCUT2D eigenvalue weighted by molar-refractivity contribution is 9.10. The lowest BCUT2D eigenvalue weighted by atomic mass is 10.0. The zero-order chi connectivity index (χ0) is 13.3. The van der Waals surface area contributed by atoms with E-state index >= 15 is 0 Å². The first kappa shape index (κ1) is 13.5. The molecule has 18 heavy (non-hydrogen) atoms. The second kappa shape index (κ2) is 5.36. The van der Waals surface area contributed by atoms with Crippen molar-refractivity contribution >= 4 is 21.8 Å². The highest BCUT2D eigenvalue weighted by Crippen LogP contribution is 2.22. The number of likely N-dealkylation sites (tertiary alicyclic amines) is 1. The number of benzene rings is 1. The standard InChI is InChI=1S/C13H16BrFN2O/c1-8-11(14)6-9(7-12(8)15)13(18)17-4-2-10(16)3-5-17/h6-7,10H,2-5,16H2,1H3. The van der Waals surface area contributed by atoms with Crippen molar-refractivity contribution in [2.75, 3.05) is 13.1 Å². The smallest absolute Gasteiger partial charge is 0.253 e. The molecule has 0 aliphatic carbocycles. The van der Waals surface area contributed by atoms with Crippen molar-refractivity contribution in [3.05, 3.63) is 33.5 Å². The topological polar surface area (TPSA) is 46.3 Å². The van der Waals surface area contributed by atoms with E-state index in [1.165, 1.54) is 6.07 Å². The van der Waals surface area contributed by atoms with Crippen LogP contribution in [0.3, 0.4) is 0 Å². The molecule has 0 atom stereocenters. The van der Waals surface area contributed by atoms with Crippen molar-refractivity contribution in [1.29, 1.82) is 0 Å². The third kappa shape index (κ3) is 2.72. The number of nitrogens with two attached hydrogens (primary N) is 1. The minimum absolute atomic E-state index is 0.124. The van der Waals surface area contributed by atoms with Crippen LogP contribution in [0.2, 0.25) is 0 Å². The molecule has 1 amide bonds. The molecule has 1 aromatic rings. The summed E-state index contributed by atoms with van der Waals surface area (Å²) in [6.07, 6.45) is 1.61. The molecule has 98 valence electrons. The number of piperidine rings is 1. The summed E-state index contributed by atoms with van der Waals surface area (Å²) in [7, 11) is 0. The second-order valence-corrected chi connectivity index (χ2v) is 5.55. The molecule has 1 saturated heterocycles. The van der Waals surface area contributed by atoms with Crippen LogP contribution in [0.25, 0.3) is 0 Å². The lowest BCUT2D eigenvalue weighted by Gasteiger charge is -2.30. The van der Waals surface area contributed by atoms with Gasteiger partial charge in [-0.3, -0.25) is 4.79 Å². The molecule has 0 unspecified atom stereocenters. The van der Waals surface area contributed by atoms with Gasteiger partial charge in [0.15, 0.2) is 0 Å². The molecule has 3 nitrogen and oxygen atoms in total. The van der Waals surface area contributed by atoms with E-state index in [0.717, 1.165) is 12.8 Å². The maximum atomic E-state index is 13.6. The first-order valence-corrected chi connectivity index (χ1v) is 6.79. The zero-order valence-electron chi connectivity index (χ0n) is 10.2. The van der Waals surface area contributed by atoms with Crippen molar-refractivity contribution in [3.63, 3.8) is 0 Å². The molecule has 1 heterocycles. The SMILES string of the molecule is Cc1c(F)cc(C(=O)N2CCC(N)CC2)cc1Br. The molecule has 2 rings (SSSR count). The molecule has 1 aliphatic rings. The van der Waals surface area contributed by atoms with Gasteiger partial charge in [-0.25, -0.2) is 4.39 Å². The van der Waals surface area contributed by atoms with E-state index in [4.69, 9.17) is 5.73 Å². The van der Waals surface area contributed by atoms with Crippen molar-refractivity contribution < 1.29 is 9.18 Å². The van der Waals surface area contributed by atoms with Gasteiger partial charge in [-0.05, 0) is 37.5 Å². The van der Waals surface area contributed by atoms with Gasteiger partial charge in [-0.2, -0.15) is 0 Å². The van der Waals surface area contributed by atoms with Crippen molar-refractivity contribution in [3.8, 4) is 0 Å². The number of carbonyl (C=O) groups excluding carboxylic acids is 1. The molecule has 1 fully saturated rings. The van der Waals surface area contributed by atoms with Gasteiger partial charge in [0.05, 0.1) is 0 Å². The number of rotatable bonds is 1. The quantitative estimate of drug-likeness (QED) is 0.865. The number of amides is 1. The molecule has 2 N–H and O–H groups in total. The Balaban J connectivity index is 2.19. The average Bonchev–Trinajstić information content (AvgIpc) is 2.35. The Bertz CT molecular complexity index is 447. The maximum absolute atomic E-state index is 13.6. The summed E-state index contributed by atoms with van der Waals surface area (Å²) >= 11 is 3.27. The summed E-state index contributed by atoms with van der Waals surface area (Å²) in [6, 6.07) is 3.15. The van der Waals surface area contributed by atoms with Gasteiger partial charge in [-0.1, -0.05) is 15.9 Å². The zero-order valence-corrected chi connectivity index (χ0v) is 11.8. The Hall–Kier alpha value is -0.940. The largest absolute Gasteiger partial charge is 0.339 e. The Kier molecular flexibility index (Phi) is 4.02. The number of hydrogen-bond donors (Lipinski definition) is 1. The van der Waals surface area contributed by atoms with E-state index in [1.54, 1.807) is 17.9 Å². The molecule has 0 radical (unpaired) electrons. The van der Waals surface area contributed by atoms with Gasteiger partial charge < -0.3 is 10.6 Å². The van der Waals surface area contributed by atoms with Gasteiger partial charge in [0.2, 0.25) is 0 Å². The third-order valence-corrected chi connectivity index (χ3v) is 4.18. The maximum Gasteiger partial charge on any atom is 0.253 e. The van der Waals surface area contributed by atoms with Crippen LogP contribution in [0.5, 0.6) is 0 Å². The normalized spacial score (nSPS) is 17.0. The van der Waals surface area contributed by atoms with Gasteiger partial charge in [0, 0.05) is 29.2 Å². The Labute approximate surface area is 114 Å². The molecular weight excluding hydrogens is 299 g/mol. The summed E-state index contributed by atoms with van der Waals surface area (Å²) < 4.78 is 14.2. The molecular formula is C13H16BrFN2O. The van der Waals surface area contributed by atoms with Crippen molar-refractivity contribution in [2.45, 2.75) is 25.8 Å². The molecule has 5 heteroatoms. The van der Waals surface area contributed by atoms with Crippen molar-refractivity contribution in [2.24, 2.45) is 5.73 Å². The van der Waals surface area contributed by atoms with E-state index in [2.05, 4.69) is 15.9 Å². The third-order valence-electron chi connectivity index (χ3n) is 3.35. The monoisotopic (exact) mass is 314 g/mol. The van der Waals surface area contributed by atoms with Crippen LogP contribution in [0, 0.1) is 12.7 Å². The lowest BCUT2D eigenvalue weighted by Crippen LogP contribution is -2.42. The fraction of sp³-hybridized carbons (Fsp3) is 0.462. The second-order valence-electron chi connectivity index (χ2n) is 4.69. The minimum atomic E-state index is -0.360. The predicted molar refractivity (Wildman–Crippen MR) is 71.9 cm³/mol. The fourth-order valence-electron chi connectivity index (χ4n) is 2.05. The summed E-state index contributed by atoms with van der Waals surface area (Å²) in [5.41, 5.74) is 6.71. The first-order valence-electron chi connectivity index (χ1n) is 5.99. The molecule has 0 aromatic heterocycles. The van der Waals surface area contributed by atoms with Crippen LogP contribution in [0.15, 0.2) is 16.6 Å². The number of carbonyl (C=O) groups is 1. The fourth-order valence-corrected chi connectivity index (χ4v) is 2.49. The summed E-state index contributed by atoms with van der Waals surface area (Å²) in [6.45, 7) is 2.97. The summed E-state index contributed by atoms with van der Waals surface area (Å²) in [4.78, 5) is 14.0. The van der Waals surface area contributed by atoms with Gasteiger partial charge >= 0.3 is 0 Å². The highest BCUT2D eigenvalue weighted by atomic mass is 79.9. The number of hydrogen-bond acceptors (Lipinski definition) is 2. The molecule has 0 spiro atoms. The van der Waals surface area contributed by atoms with E-state index in [9.17, 15) is 9.18 Å². The molecule has 0 bridgehead atoms. The Morgan fingerprint density at radius 3 is 2.61 bits per heavy atom. The lowest BCUT2D eigenvalue weighted by molar-refractivity contribution is 0.0714. The summed E-state index contributed by atoms with van der Waals surface area (Å²) in [5, 5.41) is 0. The van der Waals surface area contributed by atoms with Crippen molar-refractivity contribution in [1.82, 2.24) is 4.90 Å². The van der Waals surface area contributed by atoms with E-state index in [0.29, 0.717) is 28.7 Å². The Morgan fingerprint density at radius 2 is 2.06 bits per heavy atom. The number of halogens is 2. The van der Waals surface area contributed by atoms with E-state index < -0.39 is 0 Å². The van der Waals surface area contributed by atoms with Crippen LogP contribution in [-0.4, -0.2) is 29.9 Å². The van der Waals surface area contributed by atoms with Crippen LogP contribution in [0.4, 0.5) is 4.39 Å². The van der Waals surface area contributed by atoms with Crippen LogP contribution < -0.4 is 5.73 Å². The molecule has 1 aromatic carbocycles. The predicted octanol–water partition coefficient (Wildman–Crippen LogP) is 2.46. The van der Waals surface area contributed by atoms with Crippen LogP contribution in [0.1, 0.15) is 28.8 Å². The van der Waals surface area contributed by atoms with Gasteiger partial charge in [0.1, 0.15) is 5.82 Å². The summed E-state index contributed by atoms with van der Waals surface area (Å²) in [5.74, 6) is -0.483. The minimum Gasteiger partial charge on any atom is -0.339 e.